The normalized spacial score (nSPS) is 14.9. The van der Waals surface area contributed by atoms with Crippen molar-refractivity contribution in [1.29, 1.82) is 0 Å². The zero-order chi connectivity index (χ0) is 18.2. The number of nitrogens with two attached hydrogens (primary N) is 1. The molecule has 0 radical (unpaired) electrons. The summed E-state index contributed by atoms with van der Waals surface area (Å²) in [5, 5.41) is 3.49. The van der Waals surface area contributed by atoms with Crippen molar-refractivity contribution in [2.24, 2.45) is 11.7 Å². The minimum absolute atomic E-state index is 0.111. The highest BCUT2D eigenvalue weighted by Crippen LogP contribution is 2.20. The summed E-state index contributed by atoms with van der Waals surface area (Å²) in [5.41, 5.74) is 6.44. The lowest BCUT2D eigenvalue weighted by Gasteiger charge is -2.21. The Balaban J connectivity index is 1.42. The van der Waals surface area contributed by atoms with Gasteiger partial charge in [-0.1, -0.05) is 12.1 Å². The fourth-order valence-corrected chi connectivity index (χ4v) is 2.87. The maximum absolute atomic E-state index is 11.0. The van der Waals surface area contributed by atoms with Crippen LogP contribution in [-0.2, 0) is 11.3 Å². The average Bonchev–Trinajstić information content (AvgIpc) is 2.68. The van der Waals surface area contributed by atoms with E-state index in [1.54, 1.807) is 0 Å². The molecule has 0 aliphatic carbocycles. The lowest BCUT2D eigenvalue weighted by atomic mass is 9.97. The predicted molar refractivity (Wildman–Crippen MR) is 96.9 cm³/mol. The van der Waals surface area contributed by atoms with Crippen LogP contribution in [0.25, 0.3) is 0 Å². The zero-order valence-corrected chi connectivity index (χ0v) is 14.7. The first-order chi connectivity index (χ1) is 12.7. The van der Waals surface area contributed by atoms with Crippen molar-refractivity contribution in [3.05, 3.63) is 47.9 Å². The van der Waals surface area contributed by atoms with Gasteiger partial charge < -0.3 is 20.5 Å². The summed E-state index contributed by atoms with van der Waals surface area (Å²) in [6.07, 6.45) is 6.23. The number of amides is 1. The number of ether oxygens (including phenoxy) is 2. The van der Waals surface area contributed by atoms with E-state index in [-0.39, 0.29) is 5.69 Å². The Hall–Kier alpha value is -2.51. The van der Waals surface area contributed by atoms with Crippen LogP contribution in [0.15, 0.2) is 36.7 Å². The lowest BCUT2D eigenvalue weighted by Crippen LogP contribution is -2.22. The molecule has 1 aliphatic heterocycles. The first kappa shape index (κ1) is 18.3. The maximum Gasteiger partial charge on any atom is 0.268 e. The van der Waals surface area contributed by atoms with Crippen LogP contribution in [0.4, 0.5) is 0 Å². The van der Waals surface area contributed by atoms with Gasteiger partial charge in [-0.2, -0.15) is 0 Å². The quantitative estimate of drug-likeness (QED) is 0.704. The fraction of sp³-hybridized carbons (Fsp3) is 0.421. The summed E-state index contributed by atoms with van der Waals surface area (Å²) >= 11 is 0. The topological polar surface area (TPSA) is 99.4 Å². The van der Waals surface area contributed by atoms with E-state index >= 15 is 0 Å². The third-order valence-electron chi connectivity index (χ3n) is 4.43. The van der Waals surface area contributed by atoms with Crippen molar-refractivity contribution in [3.63, 3.8) is 0 Å². The molecular weight excluding hydrogens is 332 g/mol. The van der Waals surface area contributed by atoms with Crippen LogP contribution in [0.5, 0.6) is 11.6 Å². The molecule has 0 atom stereocenters. The Morgan fingerprint density at radius 3 is 2.62 bits per heavy atom. The van der Waals surface area contributed by atoms with Crippen molar-refractivity contribution in [2.45, 2.75) is 25.8 Å². The molecule has 3 N–H and O–H groups in total. The van der Waals surface area contributed by atoms with Crippen LogP contribution >= 0.6 is 0 Å². The lowest BCUT2D eigenvalue weighted by molar-refractivity contribution is 0.0639. The summed E-state index contributed by atoms with van der Waals surface area (Å²) < 4.78 is 11.0. The van der Waals surface area contributed by atoms with Gasteiger partial charge in [0.25, 0.3) is 5.91 Å². The molecule has 26 heavy (non-hydrogen) atoms. The van der Waals surface area contributed by atoms with Crippen LogP contribution in [0, 0.1) is 5.92 Å². The molecule has 2 aromatic rings. The largest absolute Gasteiger partial charge is 0.438 e. The van der Waals surface area contributed by atoms with Gasteiger partial charge in [0.15, 0.2) is 0 Å². The molecule has 1 amide bonds. The van der Waals surface area contributed by atoms with Crippen LogP contribution in [-0.4, -0.2) is 35.6 Å². The Morgan fingerprint density at radius 1 is 1.19 bits per heavy atom. The molecule has 1 aliphatic rings. The highest BCUT2D eigenvalue weighted by atomic mass is 16.5. The molecule has 7 nitrogen and oxygen atoms in total. The van der Waals surface area contributed by atoms with Crippen molar-refractivity contribution in [1.82, 2.24) is 15.3 Å². The average molecular weight is 356 g/mol. The fourth-order valence-electron chi connectivity index (χ4n) is 2.87. The molecule has 0 spiro atoms. The Labute approximate surface area is 152 Å². The maximum atomic E-state index is 11.0. The molecule has 1 aromatic heterocycles. The monoisotopic (exact) mass is 356 g/mol. The number of aromatic nitrogens is 2. The molecule has 0 saturated carbocycles. The SMILES string of the molecule is NC(=O)c1cnc(Oc2ccc(CNCCC3CCOCC3)cc2)cn1. The van der Waals surface area contributed by atoms with E-state index in [1.807, 2.05) is 24.3 Å². The van der Waals surface area contributed by atoms with E-state index < -0.39 is 5.91 Å². The van der Waals surface area contributed by atoms with E-state index in [0.717, 1.165) is 32.2 Å². The molecular formula is C19H24N4O3. The minimum Gasteiger partial charge on any atom is -0.438 e. The molecule has 0 bridgehead atoms. The van der Waals surface area contributed by atoms with Gasteiger partial charge in [-0.25, -0.2) is 9.97 Å². The Kier molecular flexibility index (Phi) is 6.51. The van der Waals surface area contributed by atoms with Crippen LogP contribution < -0.4 is 15.8 Å². The van der Waals surface area contributed by atoms with Crippen LogP contribution in [0.1, 0.15) is 35.3 Å². The van der Waals surface area contributed by atoms with Gasteiger partial charge in [0, 0.05) is 19.8 Å². The molecule has 3 rings (SSSR count). The number of carbonyl (C=O) groups is 1. The second-order valence-corrected chi connectivity index (χ2v) is 6.37. The van der Waals surface area contributed by atoms with Gasteiger partial charge in [-0.3, -0.25) is 4.79 Å². The molecule has 1 saturated heterocycles. The van der Waals surface area contributed by atoms with Gasteiger partial charge >= 0.3 is 0 Å². The molecule has 1 fully saturated rings. The molecule has 1 aromatic carbocycles. The summed E-state index contributed by atoms with van der Waals surface area (Å²) in [6, 6.07) is 7.81. The number of primary amides is 1. The molecule has 138 valence electrons. The second kappa shape index (κ2) is 9.26. The number of hydrogen-bond donors (Lipinski definition) is 2. The summed E-state index contributed by atoms with van der Waals surface area (Å²) in [4.78, 5) is 18.9. The van der Waals surface area contributed by atoms with E-state index in [9.17, 15) is 4.79 Å². The molecule has 7 heteroatoms. The Morgan fingerprint density at radius 2 is 1.96 bits per heavy atom. The second-order valence-electron chi connectivity index (χ2n) is 6.37. The van der Waals surface area contributed by atoms with E-state index in [0.29, 0.717) is 11.6 Å². The predicted octanol–water partition coefficient (Wildman–Crippen LogP) is 2.27. The van der Waals surface area contributed by atoms with Crippen molar-refractivity contribution in [3.8, 4) is 11.6 Å². The summed E-state index contributed by atoms with van der Waals surface area (Å²) in [5.74, 6) is 1.15. The van der Waals surface area contributed by atoms with E-state index in [1.165, 1.54) is 37.2 Å². The van der Waals surface area contributed by atoms with E-state index in [2.05, 4.69) is 15.3 Å². The Bertz CT molecular complexity index is 698. The number of nitrogens with zero attached hydrogens (tertiary/aromatic N) is 2. The smallest absolute Gasteiger partial charge is 0.268 e. The standard InChI is InChI=1S/C19H24N4O3/c20-19(24)17-12-23-18(13-22-17)26-16-3-1-15(2-4-16)11-21-8-5-14-6-9-25-10-7-14/h1-4,12-14,21H,5-11H2,(H2,20,24). The number of rotatable bonds is 8. The van der Waals surface area contributed by atoms with Crippen LogP contribution in [0.2, 0.25) is 0 Å². The van der Waals surface area contributed by atoms with Gasteiger partial charge in [0.2, 0.25) is 5.88 Å². The first-order valence-electron chi connectivity index (χ1n) is 8.88. The van der Waals surface area contributed by atoms with E-state index in [4.69, 9.17) is 15.2 Å². The van der Waals surface area contributed by atoms with Gasteiger partial charge in [-0.05, 0) is 49.4 Å². The van der Waals surface area contributed by atoms with Crippen molar-refractivity contribution >= 4 is 5.91 Å². The molecule has 0 unspecified atom stereocenters. The number of hydrogen-bond acceptors (Lipinski definition) is 6. The minimum atomic E-state index is -0.613. The summed E-state index contributed by atoms with van der Waals surface area (Å²) in [6.45, 7) is 3.66. The third kappa shape index (κ3) is 5.50. The van der Waals surface area contributed by atoms with Crippen molar-refractivity contribution in [2.75, 3.05) is 19.8 Å². The van der Waals surface area contributed by atoms with Gasteiger partial charge in [0.05, 0.1) is 12.4 Å². The number of carbonyl (C=O) groups excluding carboxylic acids is 1. The highest BCUT2D eigenvalue weighted by molar-refractivity contribution is 5.90. The zero-order valence-electron chi connectivity index (χ0n) is 14.7. The summed E-state index contributed by atoms with van der Waals surface area (Å²) in [7, 11) is 0. The first-order valence-corrected chi connectivity index (χ1v) is 8.88. The van der Waals surface area contributed by atoms with Gasteiger partial charge in [0.1, 0.15) is 11.4 Å². The number of benzene rings is 1. The number of nitrogens with one attached hydrogen (secondary N) is 1. The van der Waals surface area contributed by atoms with Crippen molar-refractivity contribution < 1.29 is 14.3 Å². The molecule has 2 heterocycles. The third-order valence-corrected chi connectivity index (χ3v) is 4.43. The highest BCUT2D eigenvalue weighted by Gasteiger charge is 2.12. The van der Waals surface area contributed by atoms with Crippen LogP contribution in [0.3, 0.4) is 0 Å². The van der Waals surface area contributed by atoms with Gasteiger partial charge in [-0.15, -0.1) is 0 Å².